The zero-order valence-electron chi connectivity index (χ0n) is 12.3. The number of hydrogen-bond acceptors (Lipinski definition) is 3. The maximum atomic E-state index is 12.6. The summed E-state index contributed by atoms with van der Waals surface area (Å²) in [6.45, 7) is -1.33. The van der Waals surface area contributed by atoms with Crippen molar-refractivity contribution in [3.63, 3.8) is 0 Å². The van der Waals surface area contributed by atoms with Crippen LogP contribution in [-0.2, 0) is 4.79 Å². The molecular weight excluding hydrogens is 429 g/mol. The monoisotopic (exact) mass is 437 g/mol. The first-order chi connectivity index (χ1) is 11.5. The van der Waals surface area contributed by atoms with Crippen LogP contribution in [0.1, 0.15) is 23.3 Å². The normalized spacial score (nSPS) is 17.7. The molecule has 0 radical (unpaired) electrons. The molecule has 0 saturated carbocycles. The first kappa shape index (κ1) is 20.4. The van der Waals surface area contributed by atoms with Gasteiger partial charge in [0, 0.05) is 6.54 Å². The van der Waals surface area contributed by atoms with Crippen molar-refractivity contribution in [1.29, 1.82) is 0 Å². The maximum Gasteiger partial charge on any atom is 0.405 e. The highest BCUT2D eigenvalue weighted by molar-refractivity contribution is 6.52. The predicted molar refractivity (Wildman–Crippen MR) is 87.4 cm³/mol. The second-order valence-electron chi connectivity index (χ2n) is 5.18. The molecule has 5 nitrogen and oxygen atoms in total. The van der Waals surface area contributed by atoms with E-state index in [1.54, 1.807) is 5.32 Å². The summed E-state index contributed by atoms with van der Waals surface area (Å²) in [5, 5.41) is 0.952. The van der Waals surface area contributed by atoms with Crippen molar-refractivity contribution < 1.29 is 22.8 Å². The third-order valence-electron chi connectivity index (χ3n) is 3.47. The van der Waals surface area contributed by atoms with Gasteiger partial charge in [-0.05, 0) is 12.8 Å². The molecule has 0 unspecified atom stereocenters. The zero-order valence-corrected chi connectivity index (χ0v) is 15.3. The van der Waals surface area contributed by atoms with Crippen LogP contribution in [-0.4, -0.2) is 47.0 Å². The van der Waals surface area contributed by atoms with E-state index in [4.69, 9.17) is 46.4 Å². The van der Waals surface area contributed by atoms with Gasteiger partial charge in [0.05, 0.1) is 15.1 Å². The summed E-state index contributed by atoms with van der Waals surface area (Å²) in [5.41, 5.74) is -0.323. The summed E-state index contributed by atoms with van der Waals surface area (Å²) >= 11 is 23.4. The fourth-order valence-electron chi connectivity index (χ4n) is 2.35. The number of aromatic nitrogens is 1. The molecule has 0 aromatic carbocycles. The van der Waals surface area contributed by atoms with E-state index >= 15 is 0 Å². The molecule has 1 aromatic rings. The van der Waals surface area contributed by atoms with E-state index in [0.717, 1.165) is 4.90 Å². The van der Waals surface area contributed by atoms with Crippen molar-refractivity contribution in [2.75, 3.05) is 13.1 Å². The van der Waals surface area contributed by atoms with Gasteiger partial charge in [0.1, 0.15) is 23.4 Å². The molecule has 1 aliphatic heterocycles. The van der Waals surface area contributed by atoms with Gasteiger partial charge in [0.25, 0.3) is 5.91 Å². The minimum atomic E-state index is -4.55. The number of likely N-dealkylation sites (tertiary alicyclic amines) is 1. The zero-order chi connectivity index (χ0) is 18.9. The van der Waals surface area contributed by atoms with Crippen LogP contribution in [0.3, 0.4) is 0 Å². The standard InChI is InChI=1S/C13H10Cl4F3N3O2/c14-6-7(15)9(22-10(17)8(6)16)12(25)23-3-1-2-5(23)11(24)21-4-13(18,19)20/h5H,1-4H2,(H,21,24)/t5-/m1/s1. The molecule has 1 atom stereocenters. The molecule has 12 heteroatoms. The average Bonchev–Trinajstić information content (AvgIpc) is 3.02. The Morgan fingerprint density at radius 1 is 1.16 bits per heavy atom. The first-order valence-electron chi connectivity index (χ1n) is 6.88. The van der Waals surface area contributed by atoms with E-state index < -0.39 is 30.6 Å². The second-order valence-corrected chi connectivity index (χ2v) is 6.67. The Kier molecular flexibility index (Phi) is 6.30. The Hall–Kier alpha value is -0.960. The molecule has 138 valence electrons. The van der Waals surface area contributed by atoms with Gasteiger partial charge in [-0.15, -0.1) is 0 Å². The number of carbonyl (C=O) groups is 2. The van der Waals surface area contributed by atoms with Gasteiger partial charge in [-0.1, -0.05) is 46.4 Å². The van der Waals surface area contributed by atoms with Crippen molar-refractivity contribution in [3.8, 4) is 0 Å². The summed E-state index contributed by atoms with van der Waals surface area (Å²) in [4.78, 5) is 29.5. The van der Waals surface area contributed by atoms with Crippen LogP contribution in [0, 0.1) is 0 Å². The minimum Gasteiger partial charge on any atom is -0.345 e. The summed E-state index contributed by atoms with van der Waals surface area (Å²) in [5.74, 6) is -1.68. The largest absolute Gasteiger partial charge is 0.405 e. The predicted octanol–water partition coefficient (Wildman–Crippen LogP) is 3.98. The molecule has 0 spiro atoms. The fourth-order valence-corrected chi connectivity index (χ4v) is 3.16. The highest BCUT2D eigenvalue weighted by atomic mass is 35.5. The van der Waals surface area contributed by atoms with Gasteiger partial charge in [0.15, 0.2) is 0 Å². The highest BCUT2D eigenvalue weighted by Gasteiger charge is 2.38. The molecule has 0 bridgehead atoms. The van der Waals surface area contributed by atoms with E-state index in [1.807, 2.05) is 0 Å². The van der Waals surface area contributed by atoms with Crippen LogP contribution < -0.4 is 5.32 Å². The van der Waals surface area contributed by atoms with Gasteiger partial charge < -0.3 is 10.2 Å². The van der Waals surface area contributed by atoms with Crippen molar-refractivity contribution in [2.24, 2.45) is 0 Å². The number of rotatable bonds is 3. The second kappa shape index (κ2) is 7.73. The van der Waals surface area contributed by atoms with Crippen molar-refractivity contribution in [1.82, 2.24) is 15.2 Å². The number of pyridine rings is 1. The lowest BCUT2D eigenvalue weighted by Gasteiger charge is -2.24. The highest BCUT2D eigenvalue weighted by Crippen LogP contribution is 2.37. The number of alkyl halides is 3. The Balaban J connectivity index is 2.23. The Bertz CT molecular complexity index is 715. The van der Waals surface area contributed by atoms with Crippen LogP contribution >= 0.6 is 46.4 Å². The Morgan fingerprint density at radius 2 is 1.80 bits per heavy atom. The van der Waals surface area contributed by atoms with E-state index in [0.29, 0.717) is 6.42 Å². The van der Waals surface area contributed by atoms with Crippen LogP contribution in [0.5, 0.6) is 0 Å². The Labute approximate surface area is 160 Å². The summed E-state index contributed by atoms with van der Waals surface area (Å²) in [6, 6.07) is -1.07. The average molecular weight is 439 g/mol. The number of halogens is 7. The van der Waals surface area contributed by atoms with Crippen LogP contribution in [0.2, 0.25) is 20.2 Å². The summed E-state index contributed by atoms with van der Waals surface area (Å²) < 4.78 is 36.7. The SMILES string of the molecule is O=C(NCC(F)(F)F)[C@H]1CCCN1C(=O)c1nc(Cl)c(Cl)c(Cl)c1Cl. The number of amides is 2. The molecule has 25 heavy (non-hydrogen) atoms. The van der Waals surface area contributed by atoms with E-state index in [9.17, 15) is 22.8 Å². The van der Waals surface area contributed by atoms with Gasteiger partial charge >= 0.3 is 6.18 Å². The molecule has 2 rings (SSSR count). The Morgan fingerprint density at radius 3 is 2.40 bits per heavy atom. The van der Waals surface area contributed by atoms with E-state index in [-0.39, 0.29) is 38.9 Å². The van der Waals surface area contributed by atoms with Crippen molar-refractivity contribution in [3.05, 3.63) is 25.9 Å². The summed E-state index contributed by atoms with van der Waals surface area (Å²) in [7, 11) is 0. The maximum absolute atomic E-state index is 12.6. The van der Waals surface area contributed by atoms with E-state index in [1.165, 1.54) is 0 Å². The molecule has 1 N–H and O–H groups in total. The van der Waals surface area contributed by atoms with Crippen LogP contribution in [0.4, 0.5) is 13.2 Å². The molecule has 1 aromatic heterocycles. The lowest BCUT2D eigenvalue weighted by Crippen LogP contribution is -2.48. The fraction of sp³-hybridized carbons (Fsp3) is 0.462. The molecular formula is C13H10Cl4F3N3O2. The number of hydrogen-bond donors (Lipinski definition) is 1. The topological polar surface area (TPSA) is 62.3 Å². The molecule has 1 fully saturated rings. The number of nitrogens with zero attached hydrogens (tertiary/aromatic N) is 2. The lowest BCUT2D eigenvalue weighted by atomic mass is 10.2. The number of carbonyl (C=O) groups excluding carboxylic acids is 2. The molecule has 0 aliphatic carbocycles. The minimum absolute atomic E-state index is 0.134. The van der Waals surface area contributed by atoms with Gasteiger partial charge in [-0.2, -0.15) is 13.2 Å². The van der Waals surface area contributed by atoms with Crippen LogP contribution in [0.25, 0.3) is 0 Å². The lowest BCUT2D eigenvalue weighted by molar-refractivity contribution is -0.140. The van der Waals surface area contributed by atoms with Crippen molar-refractivity contribution >= 4 is 58.2 Å². The van der Waals surface area contributed by atoms with Crippen LogP contribution in [0.15, 0.2) is 0 Å². The van der Waals surface area contributed by atoms with Gasteiger partial charge in [0.2, 0.25) is 5.91 Å². The molecule has 1 saturated heterocycles. The summed E-state index contributed by atoms with van der Waals surface area (Å²) in [6.07, 6.45) is -3.91. The smallest absolute Gasteiger partial charge is 0.345 e. The third-order valence-corrected chi connectivity index (χ3v) is 5.14. The quantitative estimate of drug-likeness (QED) is 0.726. The van der Waals surface area contributed by atoms with Gasteiger partial charge in [-0.25, -0.2) is 4.98 Å². The molecule has 2 heterocycles. The number of nitrogens with one attached hydrogen (secondary N) is 1. The molecule has 2 amide bonds. The van der Waals surface area contributed by atoms with Crippen molar-refractivity contribution in [2.45, 2.75) is 25.1 Å². The third kappa shape index (κ3) is 4.61. The molecule has 1 aliphatic rings. The first-order valence-corrected chi connectivity index (χ1v) is 8.39. The van der Waals surface area contributed by atoms with Gasteiger partial charge in [-0.3, -0.25) is 9.59 Å². The van der Waals surface area contributed by atoms with E-state index in [2.05, 4.69) is 4.98 Å².